The number of benzene rings is 2. The Bertz CT molecular complexity index is 825. The van der Waals surface area contributed by atoms with E-state index in [9.17, 15) is 9.59 Å². The lowest BCUT2D eigenvalue weighted by Gasteiger charge is -2.20. The van der Waals surface area contributed by atoms with E-state index in [1.165, 1.54) is 24.3 Å². The maximum Gasteiger partial charge on any atom is 0.519 e. The lowest BCUT2D eigenvalue weighted by molar-refractivity contribution is 0.00670. The van der Waals surface area contributed by atoms with Gasteiger partial charge in [0.2, 0.25) is 0 Å². The Labute approximate surface area is 156 Å². The number of thiocarbonyl (C=S) groups is 1. The van der Waals surface area contributed by atoms with E-state index < -0.39 is 17.7 Å². The van der Waals surface area contributed by atoms with E-state index in [0.717, 1.165) is 0 Å². The maximum absolute atomic E-state index is 12.2. The molecule has 0 heterocycles. The maximum atomic E-state index is 12.2. The molecule has 0 atom stereocenters. The van der Waals surface area contributed by atoms with Crippen molar-refractivity contribution in [2.45, 2.75) is 26.4 Å². The van der Waals surface area contributed by atoms with Gasteiger partial charge in [-0.3, -0.25) is 0 Å². The summed E-state index contributed by atoms with van der Waals surface area (Å²) in [5, 5.41) is 0. The summed E-state index contributed by atoms with van der Waals surface area (Å²) in [5.41, 5.74) is 5.62. The van der Waals surface area contributed by atoms with Crippen LogP contribution in [-0.2, 0) is 4.74 Å². The smallest absolute Gasteiger partial charge is 0.456 e. The summed E-state index contributed by atoms with van der Waals surface area (Å²) in [6.07, 6.45) is -0.982. The predicted octanol–water partition coefficient (Wildman–Crippen LogP) is 3.85. The van der Waals surface area contributed by atoms with E-state index in [0.29, 0.717) is 5.56 Å². The molecule has 0 bridgehead atoms. The van der Waals surface area contributed by atoms with E-state index in [-0.39, 0.29) is 22.1 Å². The molecule has 0 unspecified atom stereocenters. The highest BCUT2D eigenvalue weighted by Crippen LogP contribution is 2.22. The second-order valence-electron chi connectivity index (χ2n) is 6.34. The van der Waals surface area contributed by atoms with Gasteiger partial charge in [0.05, 0.1) is 0 Å². The third kappa shape index (κ3) is 5.56. The molecule has 2 aromatic rings. The molecule has 0 spiro atoms. The fourth-order valence-corrected chi connectivity index (χ4v) is 2.09. The molecule has 0 aliphatic heterocycles. The summed E-state index contributed by atoms with van der Waals surface area (Å²) in [4.78, 5) is 24.5. The number of esters is 1. The molecule has 7 heteroatoms. The summed E-state index contributed by atoms with van der Waals surface area (Å²) in [6, 6.07) is 12.6. The molecule has 0 aliphatic rings. The number of nitrogens with two attached hydrogens (primary N) is 1. The number of carbonyl (C=O) groups is 2. The first-order valence-corrected chi connectivity index (χ1v) is 8.18. The monoisotopic (exact) mass is 373 g/mol. The van der Waals surface area contributed by atoms with Gasteiger partial charge in [0.25, 0.3) is 0 Å². The highest BCUT2D eigenvalue weighted by Gasteiger charge is 2.22. The van der Waals surface area contributed by atoms with Crippen molar-refractivity contribution in [1.29, 1.82) is 0 Å². The summed E-state index contributed by atoms with van der Waals surface area (Å²) in [7, 11) is 0. The Balaban J connectivity index is 2.09. The summed E-state index contributed by atoms with van der Waals surface area (Å²) in [5.74, 6) is -0.294. The molecule has 0 aromatic heterocycles. The zero-order valence-electron chi connectivity index (χ0n) is 14.6. The van der Waals surface area contributed by atoms with Gasteiger partial charge in [0, 0.05) is 5.56 Å². The molecule has 0 saturated heterocycles. The van der Waals surface area contributed by atoms with Gasteiger partial charge in [0.1, 0.15) is 27.7 Å². The van der Waals surface area contributed by atoms with Crippen molar-refractivity contribution >= 4 is 29.3 Å². The van der Waals surface area contributed by atoms with Crippen LogP contribution in [0.25, 0.3) is 0 Å². The van der Waals surface area contributed by atoms with E-state index in [2.05, 4.69) is 0 Å². The van der Waals surface area contributed by atoms with Gasteiger partial charge < -0.3 is 19.9 Å². The molecule has 2 N–H and O–H groups in total. The zero-order chi connectivity index (χ0) is 19.3. The number of carbonyl (C=O) groups excluding carboxylic acids is 2. The minimum Gasteiger partial charge on any atom is -0.456 e. The highest BCUT2D eigenvalue weighted by molar-refractivity contribution is 7.80. The van der Waals surface area contributed by atoms with Crippen LogP contribution in [0.15, 0.2) is 48.5 Å². The molecule has 26 heavy (non-hydrogen) atoms. The molecule has 0 radical (unpaired) electrons. The molecular weight excluding hydrogens is 354 g/mol. The van der Waals surface area contributed by atoms with Crippen molar-refractivity contribution < 1.29 is 23.8 Å². The highest BCUT2D eigenvalue weighted by atomic mass is 32.1. The van der Waals surface area contributed by atoms with Crippen LogP contribution < -0.4 is 15.2 Å². The van der Waals surface area contributed by atoms with Gasteiger partial charge in [-0.15, -0.1) is 0 Å². The van der Waals surface area contributed by atoms with Crippen molar-refractivity contribution in [3.63, 3.8) is 0 Å². The molecule has 2 aromatic carbocycles. The molecule has 6 nitrogen and oxygen atoms in total. The first kappa shape index (κ1) is 19.4. The second kappa shape index (κ2) is 7.97. The fraction of sp³-hybridized carbons (Fsp3) is 0.211. The number of hydrogen-bond acceptors (Lipinski definition) is 6. The zero-order valence-corrected chi connectivity index (χ0v) is 15.5. The van der Waals surface area contributed by atoms with E-state index in [1.54, 1.807) is 45.0 Å². The number of para-hydroxylation sites is 1. The van der Waals surface area contributed by atoms with Crippen LogP contribution in [0.3, 0.4) is 0 Å². The third-order valence-corrected chi connectivity index (χ3v) is 3.27. The van der Waals surface area contributed by atoms with Crippen LogP contribution in [0.4, 0.5) is 4.79 Å². The summed E-state index contributed by atoms with van der Waals surface area (Å²) >= 11 is 4.86. The average Bonchev–Trinajstić information content (AvgIpc) is 2.54. The molecule has 136 valence electrons. The van der Waals surface area contributed by atoms with Crippen LogP contribution in [-0.4, -0.2) is 22.7 Å². The van der Waals surface area contributed by atoms with Crippen LogP contribution in [0, 0.1) is 0 Å². The average molecular weight is 373 g/mol. The lowest BCUT2D eigenvalue weighted by Crippen LogP contribution is -2.24. The number of rotatable bonds is 4. The van der Waals surface area contributed by atoms with Crippen LogP contribution in [0.1, 0.15) is 36.7 Å². The van der Waals surface area contributed by atoms with E-state index in [1.807, 2.05) is 0 Å². The summed E-state index contributed by atoms with van der Waals surface area (Å²) in [6.45, 7) is 5.25. The second-order valence-corrected chi connectivity index (χ2v) is 6.78. The van der Waals surface area contributed by atoms with Crippen molar-refractivity contribution in [3.8, 4) is 11.5 Å². The van der Waals surface area contributed by atoms with Gasteiger partial charge >= 0.3 is 12.1 Å². The molecule has 0 saturated carbocycles. The lowest BCUT2D eigenvalue weighted by atomic mass is 10.1. The van der Waals surface area contributed by atoms with Crippen molar-refractivity contribution in [1.82, 2.24) is 0 Å². The van der Waals surface area contributed by atoms with Crippen molar-refractivity contribution in [3.05, 3.63) is 59.7 Å². The van der Waals surface area contributed by atoms with Crippen molar-refractivity contribution in [2.24, 2.45) is 5.73 Å². The normalized spacial score (nSPS) is 10.7. The minimum atomic E-state index is -0.982. The Kier molecular flexibility index (Phi) is 5.94. The van der Waals surface area contributed by atoms with Crippen LogP contribution in [0.2, 0.25) is 0 Å². The molecule has 0 amide bonds. The molecule has 2 rings (SSSR count). The van der Waals surface area contributed by atoms with Gasteiger partial charge in [-0.2, -0.15) is 0 Å². The first-order valence-electron chi connectivity index (χ1n) is 7.77. The number of hydrogen-bond donors (Lipinski definition) is 1. The first-order chi connectivity index (χ1) is 12.2. The van der Waals surface area contributed by atoms with Gasteiger partial charge in [-0.05, 0) is 57.2 Å². The molecule has 0 aliphatic carbocycles. The van der Waals surface area contributed by atoms with E-state index >= 15 is 0 Å². The third-order valence-electron chi connectivity index (χ3n) is 3.04. The Morgan fingerprint density at radius 3 is 2.15 bits per heavy atom. The van der Waals surface area contributed by atoms with Crippen LogP contribution >= 0.6 is 12.2 Å². The largest absolute Gasteiger partial charge is 0.519 e. The number of ether oxygens (including phenoxy) is 3. The van der Waals surface area contributed by atoms with E-state index in [4.69, 9.17) is 32.2 Å². The quantitative estimate of drug-likeness (QED) is 0.495. The Morgan fingerprint density at radius 2 is 1.58 bits per heavy atom. The van der Waals surface area contributed by atoms with Crippen LogP contribution in [0.5, 0.6) is 11.5 Å². The SMILES string of the molecule is CC(C)(C)OC(=O)c1ccccc1OC(=O)Oc1ccc(C(N)=S)cc1. The fourth-order valence-electron chi connectivity index (χ4n) is 1.95. The summed E-state index contributed by atoms with van der Waals surface area (Å²) < 4.78 is 15.5. The Morgan fingerprint density at radius 1 is 0.962 bits per heavy atom. The standard InChI is InChI=1S/C19H19NO5S/c1-19(2,3)25-17(21)14-6-4-5-7-15(14)24-18(22)23-13-10-8-12(9-11-13)16(20)26/h4-11H,1-3H3,(H2,20,26). The molecular formula is C19H19NO5S. The topological polar surface area (TPSA) is 87.8 Å². The van der Waals surface area contributed by atoms with Gasteiger partial charge in [0.15, 0.2) is 0 Å². The van der Waals surface area contributed by atoms with Crippen molar-refractivity contribution in [2.75, 3.05) is 0 Å². The minimum absolute atomic E-state index is 0.0477. The van der Waals surface area contributed by atoms with Gasteiger partial charge in [-0.1, -0.05) is 24.4 Å². The predicted molar refractivity (Wildman–Crippen MR) is 101 cm³/mol. The molecule has 0 fully saturated rings. The van der Waals surface area contributed by atoms with Gasteiger partial charge in [-0.25, -0.2) is 9.59 Å². The Hall–Kier alpha value is -2.93.